The molecule has 0 aliphatic rings. The molecule has 2 rings (SSSR count). The van der Waals surface area contributed by atoms with Gasteiger partial charge < -0.3 is 16.2 Å². The molecule has 0 aliphatic heterocycles. The maximum atomic E-state index is 11.2. The zero-order chi connectivity index (χ0) is 15.6. The molecule has 110 valence electrons. The molecule has 6 nitrogen and oxygen atoms in total. The van der Waals surface area contributed by atoms with Gasteiger partial charge in [-0.05, 0) is 13.8 Å². The lowest BCUT2D eigenvalue weighted by Crippen LogP contribution is -2.36. The molecule has 1 heterocycles. The van der Waals surface area contributed by atoms with Gasteiger partial charge in [0.1, 0.15) is 5.82 Å². The molecular formula is C15H17N3O3. The van der Waals surface area contributed by atoms with Crippen molar-refractivity contribution in [3.8, 4) is 0 Å². The molecule has 2 aromatic rings. The Kier molecular flexibility index (Phi) is 3.80. The van der Waals surface area contributed by atoms with E-state index in [1.54, 1.807) is 18.2 Å². The third kappa shape index (κ3) is 3.28. The predicted octanol–water partition coefficient (Wildman–Crippen LogP) is 2.00. The van der Waals surface area contributed by atoms with Gasteiger partial charge in [0.25, 0.3) is 0 Å². The average Bonchev–Trinajstić information content (AvgIpc) is 2.36. The van der Waals surface area contributed by atoms with Crippen LogP contribution in [0.1, 0.15) is 30.6 Å². The van der Waals surface area contributed by atoms with E-state index in [4.69, 9.17) is 5.73 Å². The number of carboxylic acids is 1. The number of nitrogens with one attached hydrogen (secondary N) is 1. The second-order valence-electron chi connectivity index (χ2n) is 5.52. The van der Waals surface area contributed by atoms with Crippen LogP contribution >= 0.6 is 0 Å². The summed E-state index contributed by atoms with van der Waals surface area (Å²) in [4.78, 5) is 26.5. The zero-order valence-electron chi connectivity index (χ0n) is 11.9. The minimum atomic E-state index is -1.03. The molecule has 4 N–H and O–H groups in total. The Labute approximate surface area is 122 Å². The van der Waals surface area contributed by atoms with E-state index in [0.29, 0.717) is 16.6 Å². The van der Waals surface area contributed by atoms with Gasteiger partial charge in [-0.1, -0.05) is 24.3 Å². The van der Waals surface area contributed by atoms with E-state index in [9.17, 15) is 14.7 Å². The number of fused-ring (bicyclic) bond motifs is 1. The number of nitrogens with two attached hydrogens (primary N) is 1. The first-order valence-corrected chi connectivity index (χ1v) is 6.48. The Bertz CT molecular complexity index is 710. The fraction of sp³-hybridized carbons (Fsp3) is 0.267. The zero-order valence-corrected chi connectivity index (χ0v) is 11.9. The number of carbonyl (C=O) groups excluding carboxylic acids is 1. The summed E-state index contributed by atoms with van der Waals surface area (Å²) < 4.78 is 0. The number of primary amides is 1. The molecule has 1 aromatic carbocycles. The van der Waals surface area contributed by atoms with E-state index in [-0.39, 0.29) is 12.0 Å². The summed E-state index contributed by atoms with van der Waals surface area (Å²) in [5.41, 5.74) is 4.80. The molecule has 0 saturated heterocycles. The van der Waals surface area contributed by atoms with E-state index in [1.807, 2.05) is 19.9 Å². The number of hydrogen-bond acceptors (Lipinski definition) is 4. The van der Waals surface area contributed by atoms with Gasteiger partial charge in [0.15, 0.2) is 0 Å². The van der Waals surface area contributed by atoms with Gasteiger partial charge >= 0.3 is 5.97 Å². The lowest BCUT2D eigenvalue weighted by Gasteiger charge is -2.26. The largest absolute Gasteiger partial charge is 0.478 e. The summed E-state index contributed by atoms with van der Waals surface area (Å²) in [6.45, 7) is 3.67. The summed E-state index contributed by atoms with van der Waals surface area (Å²) in [7, 11) is 0. The molecule has 0 radical (unpaired) electrons. The van der Waals surface area contributed by atoms with Gasteiger partial charge in [0.2, 0.25) is 5.91 Å². The van der Waals surface area contributed by atoms with Crippen LogP contribution in [0, 0.1) is 0 Å². The lowest BCUT2D eigenvalue weighted by atomic mass is 9.99. The summed E-state index contributed by atoms with van der Waals surface area (Å²) in [6.07, 6.45) is 1.46. The van der Waals surface area contributed by atoms with Crippen molar-refractivity contribution in [3.63, 3.8) is 0 Å². The van der Waals surface area contributed by atoms with E-state index in [0.717, 1.165) is 0 Å². The Morgan fingerprint density at radius 3 is 2.48 bits per heavy atom. The molecule has 0 atom stereocenters. The molecule has 0 bridgehead atoms. The number of aromatic nitrogens is 1. The fourth-order valence-corrected chi connectivity index (χ4v) is 2.26. The van der Waals surface area contributed by atoms with Crippen LogP contribution in [0.2, 0.25) is 0 Å². The number of benzene rings is 1. The first-order valence-electron chi connectivity index (χ1n) is 6.48. The SMILES string of the molecule is CC(C)(CC(N)=O)Nc1ncc(C(=O)O)c2ccccc12. The minimum Gasteiger partial charge on any atom is -0.478 e. The highest BCUT2D eigenvalue weighted by atomic mass is 16.4. The summed E-state index contributed by atoms with van der Waals surface area (Å²) in [6, 6.07) is 7.10. The van der Waals surface area contributed by atoms with Crippen molar-refractivity contribution >= 4 is 28.5 Å². The maximum Gasteiger partial charge on any atom is 0.337 e. The van der Waals surface area contributed by atoms with Crippen molar-refractivity contribution in [1.82, 2.24) is 4.98 Å². The Morgan fingerprint density at radius 1 is 1.29 bits per heavy atom. The molecule has 0 spiro atoms. The second kappa shape index (κ2) is 5.40. The standard InChI is InChI=1S/C15H17N3O3/c1-15(2,7-12(16)19)18-13-10-6-4-3-5-9(10)11(8-17-13)14(20)21/h3-6,8H,7H2,1-2H3,(H2,16,19)(H,17,18)(H,20,21). The van der Waals surface area contributed by atoms with Crippen LogP contribution in [0.5, 0.6) is 0 Å². The molecule has 0 unspecified atom stereocenters. The van der Waals surface area contributed by atoms with E-state index >= 15 is 0 Å². The number of hydrogen-bond donors (Lipinski definition) is 3. The highest BCUT2D eigenvalue weighted by Crippen LogP contribution is 2.27. The monoisotopic (exact) mass is 287 g/mol. The third-order valence-corrected chi connectivity index (χ3v) is 3.10. The Hall–Kier alpha value is -2.63. The van der Waals surface area contributed by atoms with Crippen LogP contribution < -0.4 is 11.1 Å². The topological polar surface area (TPSA) is 105 Å². The van der Waals surface area contributed by atoms with Crippen molar-refractivity contribution in [3.05, 3.63) is 36.0 Å². The van der Waals surface area contributed by atoms with Crippen LogP contribution in [0.25, 0.3) is 10.8 Å². The van der Waals surface area contributed by atoms with Gasteiger partial charge in [-0.3, -0.25) is 4.79 Å². The molecule has 21 heavy (non-hydrogen) atoms. The molecule has 1 amide bonds. The number of carboxylic acid groups (broad SMARTS) is 1. The number of nitrogens with zero attached hydrogens (tertiary/aromatic N) is 1. The molecule has 0 saturated carbocycles. The average molecular weight is 287 g/mol. The van der Waals surface area contributed by atoms with Gasteiger partial charge in [-0.25, -0.2) is 9.78 Å². The van der Waals surface area contributed by atoms with Crippen molar-refractivity contribution < 1.29 is 14.7 Å². The van der Waals surface area contributed by atoms with E-state index in [2.05, 4.69) is 10.3 Å². The molecular weight excluding hydrogens is 270 g/mol. The quantitative estimate of drug-likeness (QED) is 0.780. The Morgan fingerprint density at radius 2 is 1.90 bits per heavy atom. The number of anilines is 1. The highest BCUT2D eigenvalue weighted by molar-refractivity contribution is 6.06. The number of amides is 1. The van der Waals surface area contributed by atoms with Crippen LogP contribution in [0.3, 0.4) is 0 Å². The fourth-order valence-electron chi connectivity index (χ4n) is 2.26. The predicted molar refractivity (Wildman–Crippen MR) is 80.2 cm³/mol. The molecule has 0 fully saturated rings. The number of aromatic carboxylic acids is 1. The highest BCUT2D eigenvalue weighted by Gasteiger charge is 2.22. The number of carbonyl (C=O) groups is 2. The van der Waals surface area contributed by atoms with Gasteiger partial charge in [0, 0.05) is 28.9 Å². The smallest absolute Gasteiger partial charge is 0.337 e. The molecule has 6 heteroatoms. The Balaban J connectivity index is 2.49. The van der Waals surface area contributed by atoms with Gasteiger partial charge in [0.05, 0.1) is 5.56 Å². The van der Waals surface area contributed by atoms with E-state index < -0.39 is 17.4 Å². The first kappa shape index (κ1) is 14.8. The van der Waals surface area contributed by atoms with Crippen LogP contribution in [0.4, 0.5) is 5.82 Å². The van der Waals surface area contributed by atoms with Gasteiger partial charge in [-0.15, -0.1) is 0 Å². The van der Waals surface area contributed by atoms with Crippen molar-refractivity contribution in [2.24, 2.45) is 5.73 Å². The summed E-state index contributed by atoms with van der Waals surface area (Å²) >= 11 is 0. The van der Waals surface area contributed by atoms with Crippen LogP contribution in [-0.4, -0.2) is 27.5 Å². The lowest BCUT2D eigenvalue weighted by molar-refractivity contribution is -0.118. The maximum absolute atomic E-state index is 11.2. The summed E-state index contributed by atoms with van der Waals surface area (Å²) in [5.74, 6) is -0.914. The first-order chi connectivity index (χ1) is 9.80. The molecule has 0 aliphatic carbocycles. The molecule has 1 aromatic heterocycles. The minimum absolute atomic E-state index is 0.142. The second-order valence-corrected chi connectivity index (χ2v) is 5.52. The normalized spacial score (nSPS) is 11.3. The third-order valence-electron chi connectivity index (χ3n) is 3.10. The van der Waals surface area contributed by atoms with Crippen molar-refractivity contribution in [2.45, 2.75) is 25.8 Å². The summed E-state index contributed by atoms with van der Waals surface area (Å²) in [5, 5.41) is 13.6. The van der Waals surface area contributed by atoms with Crippen molar-refractivity contribution in [1.29, 1.82) is 0 Å². The van der Waals surface area contributed by atoms with E-state index in [1.165, 1.54) is 6.20 Å². The van der Waals surface area contributed by atoms with Crippen LogP contribution in [-0.2, 0) is 4.79 Å². The number of pyridine rings is 1. The van der Waals surface area contributed by atoms with Crippen molar-refractivity contribution in [2.75, 3.05) is 5.32 Å². The van der Waals surface area contributed by atoms with Crippen LogP contribution in [0.15, 0.2) is 30.5 Å². The number of rotatable bonds is 5. The van der Waals surface area contributed by atoms with Gasteiger partial charge in [-0.2, -0.15) is 0 Å².